The molecule has 0 bridgehead atoms. The van der Waals surface area contributed by atoms with Gasteiger partial charge in [-0.25, -0.2) is 0 Å². The van der Waals surface area contributed by atoms with E-state index < -0.39 is 0 Å². The smallest absolute Gasteiger partial charge is 0.160 e. The lowest BCUT2D eigenvalue weighted by Crippen LogP contribution is -1.95. The number of hydrogen-bond donors (Lipinski definition) is 1. The van der Waals surface area contributed by atoms with Crippen LogP contribution in [0.25, 0.3) is 0 Å². The summed E-state index contributed by atoms with van der Waals surface area (Å²) >= 11 is 6.01. The van der Waals surface area contributed by atoms with Crippen LogP contribution < -0.4 is 10.1 Å². The fourth-order valence-electron chi connectivity index (χ4n) is 1.05. The minimum atomic E-state index is 0.671. The first-order valence-corrected chi connectivity index (χ1v) is 4.09. The molecule has 3 heteroatoms. The van der Waals surface area contributed by atoms with Crippen molar-refractivity contribution in [3.05, 3.63) is 22.7 Å². The summed E-state index contributed by atoms with van der Waals surface area (Å²) in [5, 5.41) is 3.68. The molecule has 0 spiro atoms. The predicted octanol–water partition coefficient (Wildman–Crippen LogP) is 2.70. The second kappa shape index (κ2) is 3.68. The molecular formula is C9H12ClNO. The number of hydrogen-bond acceptors (Lipinski definition) is 2. The third-order valence-corrected chi connectivity index (χ3v) is 2.23. The molecule has 1 aromatic carbocycles. The lowest BCUT2D eigenvalue weighted by molar-refractivity contribution is 0.416. The number of rotatable bonds is 2. The van der Waals surface area contributed by atoms with Crippen molar-refractivity contribution in [2.24, 2.45) is 0 Å². The van der Waals surface area contributed by atoms with Gasteiger partial charge in [0.2, 0.25) is 0 Å². The molecule has 0 aliphatic heterocycles. The molecule has 2 nitrogen and oxygen atoms in total. The summed E-state index contributed by atoms with van der Waals surface area (Å²) in [6.07, 6.45) is 0. The molecule has 0 saturated carbocycles. The summed E-state index contributed by atoms with van der Waals surface area (Å²) in [6.45, 7) is 1.95. The quantitative estimate of drug-likeness (QED) is 0.765. The van der Waals surface area contributed by atoms with E-state index in [9.17, 15) is 0 Å². The van der Waals surface area contributed by atoms with E-state index in [2.05, 4.69) is 5.32 Å². The Balaban J connectivity index is 3.25. The molecule has 0 fully saturated rings. The maximum absolute atomic E-state index is 6.01. The molecule has 0 unspecified atom stereocenters. The van der Waals surface area contributed by atoms with Gasteiger partial charge in [-0.2, -0.15) is 0 Å². The monoisotopic (exact) mass is 185 g/mol. The van der Waals surface area contributed by atoms with Gasteiger partial charge >= 0.3 is 0 Å². The zero-order valence-electron chi connectivity index (χ0n) is 7.44. The van der Waals surface area contributed by atoms with E-state index in [1.54, 1.807) is 7.11 Å². The topological polar surface area (TPSA) is 21.3 Å². The molecule has 0 radical (unpaired) electrons. The largest absolute Gasteiger partial charge is 0.493 e. The average molecular weight is 186 g/mol. The Morgan fingerprint density at radius 3 is 2.58 bits per heavy atom. The molecule has 0 aliphatic rings. The van der Waals surface area contributed by atoms with E-state index in [4.69, 9.17) is 16.3 Å². The Morgan fingerprint density at radius 2 is 2.08 bits per heavy atom. The van der Waals surface area contributed by atoms with Gasteiger partial charge in [0.15, 0.2) is 5.75 Å². The summed E-state index contributed by atoms with van der Waals surface area (Å²) in [6, 6.07) is 3.90. The predicted molar refractivity (Wildman–Crippen MR) is 52.3 cm³/mol. The van der Waals surface area contributed by atoms with E-state index in [1.165, 1.54) is 0 Å². The molecule has 66 valence electrons. The van der Waals surface area contributed by atoms with Gasteiger partial charge < -0.3 is 10.1 Å². The molecule has 1 N–H and O–H groups in total. The number of aryl methyl sites for hydroxylation is 1. The van der Waals surface area contributed by atoms with Crippen LogP contribution in [0.2, 0.25) is 5.02 Å². The van der Waals surface area contributed by atoms with Crippen molar-refractivity contribution in [2.75, 3.05) is 19.5 Å². The molecule has 0 saturated heterocycles. The van der Waals surface area contributed by atoms with Crippen molar-refractivity contribution >= 4 is 17.3 Å². The Hall–Kier alpha value is -0.890. The van der Waals surface area contributed by atoms with Gasteiger partial charge in [0, 0.05) is 7.05 Å². The van der Waals surface area contributed by atoms with Crippen LogP contribution in [0.5, 0.6) is 5.75 Å². The Labute approximate surface area is 77.5 Å². The van der Waals surface area contributed by atoms with Gasteiger partial charge in [0.1, 0.15) is 0 Å². The molecule has 0 amide bonds. The van der Waals surface area contributed by atoms with Crippen LogP contribution in [0.15, 0.2) is 12.1 Å². The average Bonchev–Trinajstić information content (AvgIpc) is 2.09. The molecule has 0 atom stereocenters. The SMILES string of the molecule is CNc1ccc(C)c(Cl)c1OC. The highest BCUT2D eigenvalue weighted by molar-refractivity contribution is 6.33. The van der Waals surface area contributed by atoms with Crippen LogP contribution in [0.1, 0.15) is 5.56 Å². The Bertz CT molecular complexity index is 286. The first-order chi connectivity index (χ1) is 5.70. The van der Waals surface area contributed by atoms with Crippen molar-refractivity contribution < 1.29 is 4.74 Å². The lowest BCUT2D eigenvalue weighted by Gasteiger charge is -2.10. The van der Waals surface area contributed by atoms with Gasteiger partial charge in [-0.1, -0.05) is 17.7 Å². The van der Waals surface area contributed by atoms with Crippen molar-refractivity contribution in [2.45, 2.75) is 6.92 Å². The Kier molecular flexibility index (Phi) is 2.82. The molecule has 0 aromatic heterocycles. The van der Waals surface area contributed by atoms with Gasteiger partial charge in [0.25, 0.3) is 0 Å². The van der Waals surface area contributed by atoms with Crippen LogP contribution >= 0.6 is 11.6 Å². The minimum Gasteiger partial charge on any atom is -0.493 e. The number of ether oxygens (including phenoxy) is 1. The van der Waals surface area contributed by atoms with Crippen molar-refractivity contribution in [1.29, 1.82) is 0 Å². The summed E-state index contributed by atoms with van der Waals surface area (Å²) in [7, 11) is 3.45. The molecule has 1 rings (SSSR count). The maximum atomic E-state index is 6.01. The highest BCUT2D eigenvalue weighted by Crippen LogP contribution is 2.34. The van der Waals surface area contributed by atoms with Gasteiger partial charge in [-0.15, -0.1) is 0 Å². The number of nitrogens with one attached hydrogen (secondary N) is 1. The van der Waals surface area contributed by atoms with Crippen LogP contribution in [0.3, 0.4) is 0 Å². The van der Waals surface area contributed by atoms with E-state index in [1.807, 2.05) is 26.1 Å². The van der Waals surface area contributed by atoms with Crippen LogP contribution in [0, 0.1) is 6.92 Å². The molecule has 1 aromatic rings. The van der Waals surface area contributed by atoms with Crippen LogP contribution in [-0.2, 0) is 0 Å². The van der Waals surface area contributed by atoms with E-state index in [0.29, 0.717) is 10.8 Å². The Morgan fingerprint density at radius 1 is 1.42 bits per heavy atom. The standard InChI is InChI=1S/C9H12ClNO/c1-6-4-5-7(11-2)9(12-3)8(6)10/h4-5,11H,1-3H3. The third-order valence-electron chi connectivity index (χ3n) is 1.76. The lowest BCUT2D eigenvalue weighted by atomic mass is 10.2. The molecular weight excluding hydrogens is 174 g/mol. The second-order valence-corrected chi connectivity index (χ2v) is 2.91. The number of halogens is 1. The van der Waals surface area contributed by atoms with Crippen molar-refractivity contribution in [3.8, 4) is 5.75 Å². The molecule has 0 aliphatic carbocycles. The first kappa shape index (κ1) is 9.20. The van der Waals surface area contributed by atoms with Gasteiger partial charge in [-0.3, -0.25) is 0 Å². The maximum Gasteiger partial charge on any atom is 0.160 e. The number of anilines is 1. The summed E-state index contributed by atoms with van der Waals surface area (Å²) in [5.74, 6) is 0.708. The van der Waals surface area contributed by atoms with Crippen LogP contribution in [0.4, 0.5) is 5.69 Å². The first-order valence-electron chi connectivity index (χ1n) is 3.71. The highest BCUT2D eigenvalue weighted by atomic mass is 35.5. The summed E-state index contributed by atoms with van der Waals surface area (Å²) in [5.41, 5.74) is 1.93. The zero-order valence-corrected chi connectivity index (χ0v) is 8.20. The summed E-state index contributed by atoms with van der Waals surface area (Å²) in [4.78, 5) is 0. The van der Waals surface area contributed by atoms with Crippen molar-refractivity contribution in [1.82, 2.24) is 0 Å². The number of methoxy groups -OCH3 is 1. The number of benzene rings is 1. The van der Waals surface area contributed by atoms with Gasteiger partial charge in [0.05, 0.1) is 17.8 Å². The molecule has 0 heterocycles. The van der Waals surface area contributed by atoms with Gasteiger partial charge in [-0.05, 0) is 18.6 Å². The minimum absolute atomic E-state index is 0.671. The zero-order chi connectivity index (χ0) is 9.14. The van der Waals surface area contributed by atoms with E-state index in [0.717, 1.165) is 11.3 Å². The second-order valence-electron chi connectivity index (χ2n) is 2.53. The summed E-state index contributed by atoms with van der Waals surface area (Å²) < 4.78 is 5.15. The van der Waals surface area contributed by atoms with E-state index >= 15 is 0 Å². The normalized spacial score (nSPS) is 9.67. The van der Waals surface area contributed by atoms with Crippen LogP contribution in [-0.4, -0.2) is 14.2 Å². The van der Waals surface area contributed by atoms with E-state index in [-0.39, 0.29) is 0 Å². The highest BCUT2D eigenvalue weighted by Gasteiger charge is 2.07. The van der Waals surface area contributed by atoms with Crippen molar-refractivity contribution in [3.63, 3.8) is 0 Å². The fraction of sp³-hybridized carbons (Fsp3) is 0.333. The molecule has 12 heavy (non-hydrogen) atoms. The third kappa shape index (κ3) is 1.48. The fourth-order valence-corrected chi connectivity index (χ4v) is 1.29.